The van der Waals surface area contributed by atoms with Crippen LogP contribution in [0.25, 0.3) is 5.53 Å². The van der Waals surface area contributed by atoms with Crippen LogP contribution in [-0.2, 0) is 10.0 Å². The van der Waals surface area contributed by atoms with Gasteiger partial charge in [0.05, 0.1) is 16.1 Å². The number of hydrogen-bond acceptors (Lipinski definition) is 2. The lowest BCUT2D eigenvalue weighted by molar-refractivity contribution is -0.000205. The lowest BCUT2D eigenvalue weighted by Gasteiger charge is -2.11. The fourth-order valence-corrected chi connectivity index (χ4v) is 3.85. The Bertz CT molecular complexity index is 1010. The number of sulfonamides is 1. The summed E-state index contributed by atoms with van der Waals surface area (Å²) in [5, 5.41) is 0. The van der Waals surface area contributed by atoms with Gasteiger partial charge in [0, 0.05) is 11.5 Å². The zero-order valence-electron chi connectivity index (χ0n) is 12.9. The first kappa shape index (κ1) is 16.6. The highest BCUT2D eigenvalue weighted by Gasteiger charge is 2.38. The third kappa shape index (κ3) is 2.80. The van der Waals surface area contributed by atoms with Gasteiger partial charge in [0.1, 0.15) is 0 Å². The Balaban J connectivity index is 2.14. The topological polar surface area (TPSA) is 86.1 Å². The highest BCUT2D eigenvalue weighted by atomic mass is 79.9. The van der Waals surface area contributed by atoms with E-state index in [1.807, 2.05) is 13.0 Å². The first-order chi connectivity index (χ1) is 11.3. The van der Waals surface area contributed by atoms with Gasteiger partial charge in [0.25, 0.3) is 10.0 Å². The number of halogens is 1. The largest absolute Gasteiger partial charge is 0.367 e. The van der Waals surface area contributed by atoms with Crippen molar-refractivity contribution < 1.29 is 13.2 Å². The van der Waals surface area contributed by atoms with Gasteiger partial charge >= 0.3 is 5.71 Å². The van der Waals surface area contributed by atoms with Gasteiger partial charge in [-0.3, -0.25) is 0 Å². The van der Waals surface area contributed by atoms with Crippen molar-refractivity contribution in [1.29, 1.82) is 0 Å². The maximum atomic E-state index is 12.6. The van der Waals surface area contributed by atoms with E-state index in [0.29, 0.717) is 11.3 Å². The van der Waals surface area contributed by atoms with E-state index in [1.165, 1.54) is 12.1 Å². The molecule has 0 spiro atoms. The van der Waals surface area contributed by atoms with Crippen molar-refractivity contribution in [2.24, 2.45) is 4.40 Å². The molecule has 3 rings (SSSR count). The van der Waals surface area contributed by atoms with Crippen molar-refractivity contribution in [3.8, 4) is 0 Å². The summed E-state index contributed by atoms with van der Waals surface area (Å²) < 4.78 is 29.8. The van der Waals surface area contributed by atoms with Crippen LogP contribution < -0.4 is 4.90 Å². The number of amidine groups is 1. The van der Waals surface area contributed by atoms with E-state index in [0.717, 1.165) is 10.0 Å². The van der Waals surface area contributed by atoms with Crippen molar-refractivity contribution in [3.05, 3.63) is 63.6 Å². The Labute approximate surface area is 148 Å². The highest BCUT2D eigenvalue weighted by Crippen LogP contribution is 2.31. The third-order valence-corrected chi connectivity index (χ3v) is 5.50. The molecule has 2 aromatic rings. The van der Waals surface area contributed by atoms with Gasteiger partial charge in [-0.15, -0.1) is 4.40 Å². The van der Waals surface area contributed by atoms with Crippen molar-refractivity contribution in [2.45, 2.75) is 11.8 Å². The molecule has 2 aromatic carbocycles. The van der Waals surface area contributed by atoms with Crippen molar-refractivity contribution in [2.75, 3.05) is 11.9 Å². The molecular weight excluding hydrogens is 392 g/mol. The van der Waals surface area contributed by atoms with E-state index >= 15 is 0 Å². The van der Waals surface area contributed by atoms with Crippen LogP contribution in [-0.4, -0.2) is 31.8 Å². The highest BCUT2D eigenvalue weighted by molar-refractivity contribution is 9.10. The number of aryl methyl sites for hydroxylation is 1. The van der Waals surface area contributed by atoms with E-state index in [9.17, 15) is 13.9 Å². The molecule has 8 heteroatoms. The fourth-order valence-electron chi connectivity index (χ4n) is 2.46. The molecule has 1 aliphatic heterocycles. The Morgan fingerprint density at radius 2 is 1.83 bits per heavy atom. The van der Waals surface area contributed by atoms with E-state index in [2.05, 4.69) is 25.1 Å². The lowest BCUT2D eigenvalue weighted by atomic mass is 10.1. The summed E-state index contributed by atoms with van der Waals surface area (Å²) in [4.78, 5) is 4.93. The molecule has 6 nitrogen and oxygen atoms in total. The Morgan fingerprint density at radius 1 is 1.17 bits per heavy atom. The molecule has 1 heterocycles. The van der Waals surface area contributed by atoms with Gasteiger partial charge in [-0.25, -0.2) is 0 Å². The molecule has 0 saturated heterocycles. The Morgan fingerprint density at radius 3 is 2.46 bits per heavy atom. The number of benzene rings is 2. The summed E-state index contributed by atoms with van der Waals surface area (Å²) in [6.07, 6.45) is 0. The van der Waals surface area contributed by atoms with Crippen LogP contribution in [0.15, 0.2) is 56.2 Å². The van der Waals surface area contributed by atoms with Crippen LogP contribution >= 0.6 is 15.9 Å². The van der Waals surface area contributed by atoms with E-state index in [-0.39, 0.29) is 16.4 Å². The molecule has 0 fully saturated rings. The molecule has 0 bridgehead atoms. The number of hydrogen-bond donors (Lipinski definition) is 0. The second-order valence-electron chi connectivity index (χ2n) is 5.37. The van der Waals surface area contributed by atoms with Crippen LogP contribution in [0.4, 0.5) is 5.69 Å². The molecule has 24 heavy (non-hydrogen) atoms. The van der Waals surface area contributed by atoms with Crippen LogP contribution in [0.5, 0.6) is 0 Å². The molecule has 0 aromatic heterocycles. The van der Waals surface area contributed by atoms with Gasteiger partial charge < -0.3 is 10.4 Å². The molecule has 1 aliphatic rings. The minimum absolute atomic E-state index is 0.0752. The fraction of sp³-hybridized carbons (Fsp3) is 0.125. The first-order valence-corrected chi connectivity index (χ1v) is 9.24. The lowest BCUT2D eigenvalue weighted by Crippen LogP contribution is -2.28. The number of nitrogens with zero attached hydrogens (tertiary/aromatic N) is 4. The summed E-state index contributed by atoms with van der Waals surface area (Å²) in [7, 11) is -2.25. The number of rotatable bonds is 2. The van der Waals surface area contributed by atoms with Gasteiger partial charge in [0.15, 0.2) is 0 Å². The summed E-state index contributed by atoms with van der Waals surface area (Å²) in [6, 6.07) is 11.8. The molecule has 0 atom stereocenters. The maximum absolute atomic E-state index is 12.6. The Hall–Kier alpha value is -2.28. The minimum Gasteiger partial charge on any atom is -0.361 e. The Kier molecular flexibility index (Phi) is 4.13. The van der Waals surface area contributed by atoms with Gasteiger partial charge in [-0.2, -0.15) is 13.2 Å². The standard InChI is InChI=1S/C16H13BrN4O2S/c1-10-3-6-12(7-4-10)24(22,23)20-16-15(19-18)13-9-11(17)5-8-14(13)21(16)2/h3-9H,1-2H3/b20-16-. The average molecular weight is 405 g/mol. The molecular formula is C16H13BrN4O2S. The average Bonchev–Trinajstić information content (AvgIpc) is 2.78. The van der Waals surface area contributed by atoms with Crippen molar-refractivity contribution >= 4 is 43.2 Å². The first-order valence-electron chi connectivity index (χ1n) is 7.01. The predicted octanol–water partition coefficient (Wildman–Crippen LogP) is 3.01. The summed E-state index contributed by atoms with van der Waals surface area (Å²) in [6.45, 7) is 1.87. The smallest absolute Gasteiger partial charge is 0.361 e. The normalized spacial score (nSPS) is 15.5. The number of fused-ring (bicyclic) bond motifs is 1. The zero-order chi connectivity index (χ0) is 17.5. The summed E-state index contributed by atoms with van der Waals surface area (Å²) in [5.41, 5.74) is 11.8. The molecule has 0 amide bonds. The maximum Gasteiger partial charge on any atom is 0.367 e. The molecule has 0 saturated carbocycles. The molecule has 0 unspecified atom stereocenters. The second kappa shape index (κ2) is 5.98. The molecule has 122 valence electrons. The van der Waals surface area contributed by atoms with Crippen molar-refractivity contribution in [1.82, 2.24) is 0 Å². The number of anilines is 1. The van der Waals surface area contributed by atoms with E-state index in [1.54, 1.807) is 36.2 Å². The monoisotopic (exact) mass is 404 g/mol. The zero-order valence-corrected chi connectivity index (χ0v) is 15.3. The van der Waals surface area contributed by atoms with E-state index in [4.69, 9.17) is 0 Å². The van der Waals surface area contributed by atoms with Gasteiger partial charge in [-0.1, -0.05) is 33.6 Å². The minimum atomic E-state index is -3.92. The second-order valence-corrected chi connectivity index (χ2v) is 7.89. The van der Waals surface area contributed by atoms with Crippen LogP contribution in [0.2, 0.25) is 0 Å². The third-order valence-electron chi connectivity index (χ3n) is 3.73. The van der Waals surface area contributed by atoms with E-state index < -0.39 is 10.0 Å². The SMILES string of the molecule is Cc1ccc(S(=O)(=O)/N=C2/C(=[N+]=[N-])c3cc(Br)ccc3N2C)cc1. The number of likely N-dealkylation sites (N-methyl/N-ethyl adjacent to an activating group) is 1. The molecule has 0 radical (unpaired) electrons. The summed E-state index contributed by atoms with van der Waals surface area (Å²) >= 11 is 3.35. The summed E-state index contributed by atoms with van der Waals surface area (Å²) in [5.74, 6) is 0.0752. The molecule has 0 N–H and O–H groups in total. The molecule has 0 aliphatic carbocycles. The van der Waals surface area contributed by atoms with Crippen LogP contribution in [0.1, 0.15) is 11.1 Å². The van der Waals surface area contributed by atoms with Crippen molar-refractivity contribution in [3.63, 3.8) is 0 Å². The predicted molar refractivity (Wildman–Crippen MR) is 96.1 cm³/mol. The quantitative estimate of drug-likeness (QED) is 0.569. The van der Waals surface area contributed by atoms with Crippen LogP contribution in [0, 0.1) is 6.92 Å². The van der Waals surface area contributed by atoms with Crippen LogP contribution in [0.3, 0.4) is 0 Å². The van der Waals surface area contributed by atoms with Gasteiger partial charge in [-0.05, 0) is 37.3 Å². The van der Waals surface area contributed by atoms with Gasteiger partial charge in [0.2, 0.25) is 5.84 Å².